The van der Waals surface area contributed by atoms with Gasteiger partial charge >= 0.3 is 5.97 Å². The number of nitrogens with two attached hydrogens (primary N) is 1. The highest BCUT2D eigenvalue weighted by atomic mass is 16.5. The van der Waals surface area contributed by atoms with Crippen molar-refractivity contribution in [1.29, 1.82) is 0 Å². The fourth-order valence-electron chi connectivity index (χ4n) is 1.22. The van der Waals surface area contributed by atoms with Gasteiger partial charge in [0.2, 0.25) is 5.91 Å². The molecule has 0 radical (unpaired) electrons. The van der Waals surface area contributed by atoms with E-state index < -0.39 is 17.8 Å². The molecule has 6 heteroatoms. The molecule has 3 N–H and O–H groups in total. The summed E-state index contributed by atoms with van der Waals surface area (Å²) >= 11 is 0. The number of amides is 1. The summed E-state index contributed by atoms with van der Waals surface area (Å²) in [5.41, 5.74) is 5.21. The van der Waals surface area contributed by atoms with Gasteiger partial charge < -0.3 is 20.3 Å². The minimum Gasteiger partial charge on any atom is -0.493 e. The predicted molar refractivity (Wildman–Crippen MR) is 63.8 cm³/mol. The second-order valence-electron chi connectivity index (χ2n) is 3.79. The SMILES string of the molecule is COc1cc(C(=O)O)ccc1OCC(C)C(N)=O. The molecule has 1 aromatic rings. The standard InChI is InChI=1S/C12H15NO5/c1-7(11(13)14)6-18-9-4-3-8(12(15)16)5-10(9)17-2/h3-5,7H,6H2,1-2H3,(H2,13,14)(H,15,16). The van der Waals surface area contributed by atoms with Crippen molar-refractivity contribution in [1.82, 2.24) is 0 Å². The van der Waals surface area contributed by atoms with Crippen molar-refractivity contribution in [3.05, 3.63) is 23.8 Å². The zero-order valence-corrected chi connectivity index (χ0v) is 10.2. The average Bonchev–Trinajstić information content (AvgIpc) is 2.35. The number of ether oxygens (including phenoxy) is 2. The zero-order valence-electron chi connectivity index (χ0n) is 10.2. The molecule has 0 bridgehead atoms. The van der Waals surface area contributed by atoms with Gasteiger partial charge in [-0.1, -0.05) is 6.92 Å². The Balaban J connectivity index is 2.83. The number of carbonyl (C=O) groups is 2. The third-order valence-electron chi connectivity index (χ3n) is 2.39. The van der Waals surface area contributed by atoms with Crippen LogP contribution in [0.2, 0.25) is 0 Å². The minimum absolute atomic E-state index is 0.0992. The van der Waals surface area contributed by atoms with Crippen LogP contribution in [0.3, 0.4) is 0 Å². The van der Waals surface area contributed by atoms with Gasteiger partial charge in [0.15, 0.2) is 11.5 Å². The van der Waals surface area contributed by atoms with Crippen molar-refractivity contribution in [3.63, 3.8) is 0 Å². The van der Waals surface area contributed by atoms with Crippen LogP contribution in [0, 0.1) is 5.92 Å². The molecule has 0 aliphatic heterocycles. The first kappa shape index (κ1) is 13.8. The molecular formula is C12H15NO5. The molecule has 0 fully saturated rings. The van der Waals surface area contributed by atoms with Gasteiger partial charge in [-0.25, -0.2) is 4.79 Å². The van der Waals surface area contributed by atoms with Gasteiger partial charge in [-0.05, 0) is 18.2 Å². The summed E-state index contributed by atoms with van der Waals surface area (Å²) in [4.78, 5) is 21.6. The molecule has 1 aromatic carbocycles. The summed E-state index contributed by atoms with van der Waals surface area (Å²) in [5.74, 6) is -1.28. The van der Waals surface area contributed by atoms with Gasteiger partial charge in [0, 0.05) is 0 Å². The van der Waals surface area contributed by atoms with Crippen molar-refractivity contribution in [2.24, 2.45) is 11.7 Å². The minimum atomic E-state index is -1.05. The maximum absolute atomic E-state index is 10.9. The molecule has 0 heterocycles. The Hall–Kier alpha value is -2.24. The van der Waals surface area contributed by atoms with Gasteiger partial charge in [0.05, 0.1) is 25.2 Å². The van der Waals surface area contributed by atoms with E-state index in [0.29, 0.717) is 11.5 Å². The lowest BCUT2D eigenvalue weighted by Gasteiger charge is -2.13. The Morgan fingerprint density at radius 1 is 1.39 bits per heavy atom. The highest BCUT2D eigenvalue weighted by Gasteiger charge is 2.13. The van der Waals surface area contributed by atoms with Crippen LogP contribution >= 0.6 is 0 Å². The first-order valence-electron chi connectivity index (χ1n) is 5.29. The van der Waals surface area contributed by atoms with Crippen LogP contribution in [-0.2, 0) is 4.79 Å². The highest BCUT2D eigenvalue weighted by molar-refractivity contribution is 5.88. The fraction of sp³-hybridized carbons (Fsp3) is 0.333. The number of hydrogen-bond acceptors (Lipinski definition) is 4. The Kier molecular flexibility index (Phi) is 4.53. The number of aromatic carboxylic acids is 1. The lowest BCUT2D eigenvalue weighted by molar-refractivity contribution is -0.122. The first-order chi connectivity index (χ1) is 8.45. The van der Waals surface area contributed by atoms with E-state index in [9.17, 15) is 9.59 Å². The van der Waals surface area contributed by atoms with Crippen molar-refractivity contribution in [2.45, 2.75) is 6.92 Å². The topological polar surface area (TPSA) is 98.8 Å². The maximum Gasteiger partial charge on any atom is 0.335 e. The normalized spacial score (nSPS) is 11.7. The largest absolute Gasteiger partial charge is 0.493 e. The van der Waals surface area contributed by atoms with Crippen LogP contribution in [0.5, 0.6) is 11.5 Å². The smallest absolute Gasteiger partial charge is 0.335 e. The highest BCUT2D eigenvalue weighted by Crippen LogP contribution is 2.28. The van der Waals surface area contributed by atoms with E-state index in [1.165, 1.54) is 25.3 Å². The zero-order chi connectivity index (χ0) is 13.7. The van der Waals surface area contributed by atoms with Gasteiger partial charge in [0.25, 0.3) is 0 Å². The van der Waals surface area contributed by atoms with Crippen molar-refractivity contribution < 1.29 is 24.2 Å². The molecule has 6 nitrogen and oxygen atoms in total. The molecule has 1 atom stereocenters. The van der Waals surface area contributed by atoms with Crippen LogP contribution in [0.25, 0.3) is 0 Å². The first-order valence-corrected chi connectivity index (χ1v) is 5.29. The summed E-state index contributed by atoms with van der Waals surface area (Å²) in [6.45, 7) is 1.75. The molecule has 98 valence electrons. The van der Waals surface area contributed by atoms with Crippen molar-refractivity contribution in [2.75, 3.05) is 13.7 Å². The molecule has 1 rings (SSSR count). The van der Waals surface area contributed by atoms with Crippen LogP contribution in [0.1, 0.15) is 17.3 Å². The number of carbonyl (C=O) groups excluding carboxylic acids is 1. The molecule has 0 saturated heterocycles. The third kappa shape index (κ3) is 3.38. The van der Waals surface area contributed by atoms with Gasteiger partial charge in [-0.15, -0.1) is 0 Å². The van der Waals surface area contributed by atoms with Crippen LogP contribution in [-0.4, -0.2) is 30.7 Å². The van der Waals surface area contributed by atoms with E-state index in [1.807, 2.05) is 0 Å². The van der Waals surface area contributed by atoms with Crippen molar-refractivity contribution in [3.8, 4) is 11.5 Å². The van der Waals surface area contributed by atoms with E-state index in [4.69, 9.17) is 20.3 Å². The number of methoxy groups -OCH3 is 1. The molecule has 0 aromatic heterocycles. The van der Waals surface area contributed by atoms with E-state index in [-0.39, 0.29) is 12.2 Å². The number of carboxylic acids is 1. The van der Waals surface area contributed by atoms with Crippen LogP contribution in [0.4, 0.5) is 0 Å². The molecular weight excluding hydrogens is 238 g/mol. The predicted octanol–water partition coefficient (Wildman–Crippen LogP) is 0.894. The average molecular weight is 253 g/mol. The number of benzene rings is 1. The van der Waals surface area contributed by atoms with Crippen LogP contribution < -0.4 is 15.2 Å². The van der Waals surface area contributed by atoms with E-state index >= 15 is 0 Å². The Morgan fingerprint density at radius 3 is 2.56 bits per heavy atom. The van der Waals surface area contributed by atoms with E-state index in [2.05, 4.69) is 0 Å². The summed E-state index contributed by atoms with van der Waals surface area (Å²) in [5, 5.41) is 8.83. The molecule has 0 aliphatic rings. The van der Waals surface area contributed by atoms with E-state index in [0.717, 1.165) is 0 Å². The number of hydrogen-bond donors (Lipinski definition) is 2. The summed E-state index contributed by atoms with van der Waals surface area (Å²) in [6, 6.07) is 4.23. The van der Waals surface area contributed by atoms with Crippen molar-refractivity contribution >= 4 is 11.9 Å². The third-order valence-corrected chi connectivity index (χ3v) is 2.39. The molecule has 0 saturated carbocycles. The molecule has 0 spiro atoms. The molecule has 0 aliphatic carbocycles. The molecule has 1 amide bonds. The summed E-state index contributed by atoms with van der Waals surface area (Å²) in [7, 11) is 1.41. The quantitative estimate of drug-likeness (QED) is 0.784. The summed E-state index contributed by atoms with van der Waals surface area (Å²) in [6.07, 6.45) is 0. The number of carboxylic acid groups (broad SMARTS) is 1. The second kappa shape index (κ2) is 5.90. The Morgan fingerprint density at radius 2 is 2.06 bits per heavy atom. The molecule has 1 unspecified atom stereocenters. The molecule has 18 heavy (non-hydrogen) atoms. The van der Waals surface area contributed by atoms with Gasteiger partial charge in [-0.2, -0.15) is 0 Å². The number of primary amides is 1. The van der Waals surface area contributed by atoms with E-state index in [1.54, 1.807) is 6.92 Å². The Bertz CT molecular complexity index is 458. The van der Waals surface area contributed by atoms with Gasteiger partial charge in [0.1, 0.15) is 0 Å². The second-order valence-corrected chi connectivity index (χ2v) is 3.79. The van der Waals surface area contributed by atoms with Gasteiger partial charge in [-0.3, -0.25) is 4.79 Å². The summed E-state index contributed by atoms with van der Waals surface area (Å²) < 4.78 is 10.4. The van der Waals surface area contributed by atoms with Crippen LogP contribution in [0.15, 0.2) is 18.2 Å². The Labute approximate surface area is 104 Å². The number of rotatable bonds is 6. The lowest BCUT2D eigenvalue weighted by atomic mass is 10.2. The lowest BCUT2D eigenvalue weighted by Crippen LogP contribution is -2.25. The monoisotopic (exact) mass is 253 g/mol. The maximum atomic E-state index is 10.9. The fourth-order valence-corrected chi connectivity index (χ4v) is 1.22.